The van der Waals surface area contributed by atoms with Gasteiger partial charge in [-0.15, -0.1) is 0 Å². The first kappa shape index (κ1) is 13.6. The van der Waals surface area contributed by atoms with Crippen LogP contribution in [-0.4, -0.2) is 24.2 Å². The summed E-state index contributed by atoms with van der Waals surface area (Å²) in [7, 11) is 3.21. The molecule has 6 heteroatoms. The monoisotopic (exact) mass is 286 g/mol. The van der Waals surface area contributed by atoms with Gasteiger partial charge in [0.2, 0.25) is 0 Å². The summed E-state index contributed by atoms with van der Waals surface area (Å²) in [4.78, 5) is 9.09. The van der Waals surface area contributed by atoms with Gasteiger partial charge in [-0.25, -0.2) is 15.8 Å². The molecule has 6 nitrogen and oxygen atoms in total. The number of ether oxygens (including phenoxy) is 2. The molecule has 0 saturated heterocycles. The van der Waals surface area contributed by atoms with Crippen molar-refractivity contribution in [3.8, 4) is 22.9 Å². The number of hydrogen-bond donors (Lipinski definition) is 2. The zero-order valence-electron chi connectivity index (χ0n) is 12.1. The number of benzene rings is 1. The van der Waals surface area contributed by atoms with Crippen molar-refractivity contribution in [2.24, 2.45) is 5.84 Å². The highest BCUT2D eigenvalue weighted by Crippen LogP contribution is 2.41. The second-order valence-electron chi connectivity index (χ2n) is 4.96. The normalized spacial score (nSPS) is 13.9. The molecule has 0 bridgehead atoms. The van der Waals surface area contributed by atoms with Crippen LogP contribution < -0.4 is 20.7 Å². The minimum absolute atomic E-state index is 0.510. The van der Waals surface area contributed by atoms with Crippen LogP contribution in [0.1, 0.15) is 24.5 Å². The lowest BCUT2D eigenvalue weighted by molar-refractivity contribution is 0.356. The maximum atomic E-state index is 5.52. The van der Waals surface area contributed by atoms with Crippen LogP contribution in [0.4, 0.5) is 5.82 Å². The molecule has 1 heterocycles. The Morgan fingerprint density at radius 2 is 2.00 bits per heavy atom. The largest absolute Gasteiger partial charge is 0.493 e. The molecule has 1 saturated carbocycles. The second kappa shape index (κ2) is 5.57. The third-order valence-corrected chi connectivity index (χ3v) is 3.53. The number of hydrogen-bond acceptors (Lipinski definition) is 6. The van der Waals surface area contributed by atoms with E-state index in [4.69, 9.17) is 15.3 Å². The molecule has 0 spiro atoms. The van der Waals surface area contributed by atoms with E-state index in [-0.39, 0.29) is 0 Å². The summed E-state index contributed by atoms with van der Waals surface area (Å²) in [5, 5.41) is 0. The maximum Gasteiger partial charge on any atom is 0.171 e. The molecule has 0 atom stereocenters. The van der Waals surface area contributed by atoms with Crippen LogP contribution in [0, 0.1) is 0 Å². The zero-order chi connectivity index (χ0) is 14.8. The summed E-state index contributed by atoms with van der Waals surface area (Å²) in [6, 6.07) is 7.54. The molecule has 21 heavy (non-hydrogen) atoms. The fraction of sp³-hybridized carbons (Fsp3) is 0.333. The molecule has 0 radical (unpaired) electrons. The van der Waals surface area contributed by atoms with Crippen molar-refractivity contribution in [2.45, 2.75) is 18.8 Å². The predicted octanol–water partition coefficient (Wildman–Crippen LogP) is 2.32. The standard InChI is InChI=1S/C15H18N4O2/c1-20-12-5-3-4-10(14(12)21-2)15-17-11(9-6-7-9)8-13(18-15)19-16/h3-5,8-9H,6-7,16H2,1-2H3,(H,17,18,19). The van der Waals surface area contributed by atoms with Gasteiger partial charge in [0.15, 0.2) is 17.3 Å². The number of nitrogens with one attached hydrogen (secondary N) is 1. The van der Waals surface area contributed by atoms with E-state index in [2.05, 4.69) is 15.4 Å². The lowest BCUT2D eigenvalue weighted by atomic mass is 10.1. The van der Waals surface area contributed by atoms with Crippen LogP contribution in [0.15, 0.2) is 24.3 Å². The van der Waals surface area contributed by atoms with Gasteiger partial charge in [-0.1, -0.05) is 6.07 Å². The molecular formula is C15H18N4O2. The third kappa shape index (κ3) is 2.62. The molecule has 1 aliphatic carbocycles. The number of aromatic nitrogens is 2. The van der Waals surface area contributed by atoms with E-state index < -0.39 is 0 Å². The minimum Gasteiger partial charge on any atom is -0.493 e. The zero-order valence-corrected chi connectivity index (χ0v) is 12.1. The molecule has 1 aromatic heterocycles. The Morgan fingerprint density at radius 3 is 2.62 bits per heavy atom. The van der Waals surface area contributed by atoms with Gasteiger partial charge in [-0.3, -0.25) is 0 Å². The lowest BCUT2D eigenvalue weighted by Crippen LogP contribution is -2.10. The van der Waals surface area contributed by atoms with Crippen LogP contribution >= 0.6 is 0 Å². The minimum atomic E-state index is 0.510. The lowest BCUT2D eigenvalue weighted by Gasteiger charge is -2.13. The quantitative estimate of drug-likeness (QED) is 0.648. The van der Waals surface area contributed by atoms with Crippen molar-refractivity contribution in [1.82, 2.24) is 9.97 Å². The highest BCUT2D eigenvalue weighted by atomic mass is 16.5. The Hall–Kier alpha value is -2.34. The van der Waals surface area contributed by atoms with Gasteiger partial charge in [0.05, 0.1) is 19.8 Å². The second-order valence-corrected chi connectivity index (χ2v) is 4.96. The molecule has 3 rings (SSSR count). The average molecular weight is 286 g/mol. The van der Waals surface area contributed by atoms with Crippen molar-refractivity contribution in [3.05, 3.63) is 30.0 Å². The number of hydrazine groups is 1. The summed E-state index contributed by atoms with van der Waals surface area (Å²) in [5.74, 6) is 8.49. The first-order valence-electron chi connectivity index (χ1n) is 6.83. The summed E-state index contributed by atoms with van der Waals surface area (Å²) in [6.07, 6.45) is 2.32. The number of rotatable bonds is 5. The van der Waals surface area contributed by atoms with Crippen LogP contribution in [-0.2, 0) is 0 Å². The van der Waals surface area contributed by atoms with E-state index in [1.807, 2.05) is 24.3 Å². The highest BCUT2D eigenvalue weighted by Gasteiger charge is 2.27. The van der Waals surface area contributed by atoms with Gasteiger partial charge in [0.25, 0.3) is 0 Å². The number of nitrogen functional groups attached to an aromatic ring is 1. The molecule has 1 aliphatic rings. The van der Waals surface area contributed by atoms with Gasteiger partial charge in [0.1, 0.15) is 5.82 Å². The third-order valence-electron chi connectivity index (χ3n) is 3.53. The van der Waals surface area contributed by atoms with E-state index in [0.29, 0.717) is 29.1 Å². The number of nitrogens with zero attached hydrogens (tertiary/aromatic N) is 2. The Bertz CT molecular complexity index is 656. The van der Waals surface area contributed by atoms with E-state index in [1.54, 1.807) is 14.2 Å². The smallest absolute Gasteiger partial charge is 0.171 e. The summed E-state index contributed by atoms with van der Waals surface area (Å²) >= 11 is 0. The Labute approximate surface area is 123 Å². The number of nitrogens with two attached hydrogens (primary N) is 1. The van der Waals surface area contributed by atoms with Gasteiger partial charge in [-0.2, -0.15) is 0 Å². The highest BCUT2D eigenvalue weighted by molar-refractivity contribution is 5.69. The van der Waals surface area contributed by atoms with Crippen LogP contribution in [0.25, 0.3) is 11.4 Å². The average Bonchev–Trinajstić information content (AvgIpc) is 3.38. The van der Waals surface area contributed by atoms with Crippen molar-refractivity contribution in [2.75, 3.05) is 19.6 Å². The molecule has 110 valence electrons. The number of para-hydroxylation sites is 1. The van der Waals surface area contributed by atoms with Crippen LogP contribution in [0.3, 0.4) is 0 Å². The first-order valence-corrected chi connectivity index (χ1v) is 6.83. The van der Waals surface area contributed by atoms with Gasteiger partial charge in [0, 0.05) is 17.7 Å². The van der Waals surface area contributed by atoms with E-state index in [9.17, 15) is 0 Å². The van der Waals surface area contributed by atoms with Crippen molar-refractivity contribution < 1.29 is 9.47 Å². The fourth-order valence-electron chi connectivity index (χ4n) is 2.31. The van der Waals surface area contributed by atoms with Crippen molar-refractivity contribution in [3.63, 3.8) is 0 Å². The van der Waals surface area contributed by atoms with Crippen molar-refractivity contribution in [1.29, 1.82) is 0 Å². The van der Waals surface area contributed by atoms with Crippen LogP contribution in [0.5, 0.6) is 11.5 Å². The molecular weight excluding hydrogens is 268 g/mol. The molecule has 3 N–H and O–H groups in total. The predicted molar refractivity (Wildman–Crippen MR) is 80.4 cm³/mol. The maximum absolute atomic E-state index is 5.52. The van der Waals surface area contributed by atoms with Gasteiger partial charge in [-0.05, 0) is 25.0 Å². The van der Waals surface area contributed by atoms with Crippen LogP contribution in [0.2, 0.25) is 0 Å². The SMILES string of the molecule is COc1cccc(-c2nc(NN)cc(C3CC3)n2)c1OC. The fourth-order valence-corrected chi connectivity index (χ4v) is 2.31. The summed E-state index contributed by atoms with van der Waals surface area (Å²) < 4.78 is 10.8. The van der Waals surface area contributed by atoms with E-state index in [1.165, 1.54) is 0 Å². The van der Waals surface area contributed by atoms with E-state index >= 15 is 0 Å². The van der Waals surface area contributed by atoms with Crippen molar-refractivity contribution >= 4 is 5.82 Å². The van der Waals surface area contributed by atoms with Gasteiger partial charge >= 0.3 is 0 Å². The summed E-state index contributed by atoms with van der Waals surface area (Å²) in [6.45, 7) is 0. The Balaban J connectivity index is 2.13. The summed E-state index contributed by atoms with van der Waals surface area (Å²) in [5.41, 5.74) is 4.40. The van der Waals surface area contributed by atoms with E-state index in [0.717, 1.165) is 24.1 Å². The molecule has 1 fully saturated rings. The van der Waals surface area contributed by atoms with Gasteiger partial charge < -0.3 is 14.9 Å². The Morgan fingerprint density at radius 1 is 1.19 bits per heavy atom. The number of anilines is 1. The molecule has 0 unspecified atom stereocenters. The first-order chi connectivity index (χ1) is 10.3. The molecule has 0 aliphatic heterocycles. The molecule has 2 aromatic rings. The molecule has 1 aromatic carbocycles. The topological polar surface area (TPSA) is 82.3 Å². The Kier molecular flexibility index (Phi) is 3.62. The molecule has 0 amide bonds. The number of methoxy groups -OCH3 is 2.